The smallest absolute Gasteiger partial charge is 0.192 e. The van der Waals surface area contributed by atoms with Crippen molar-refractivity contribution in [1.82, 2.24) is 19.3 Å². The first-order valence-electron chi connectivity index (χ1n) is 8.96. The molecule has 0 radical (unpaired) electrons. The molecular weight excluding hydrogens is 363 g/mol. The monoisotopic (exact) mass is 384 g/mol. The molecule has 3 aromatic rings. The molecule has 0 saturated heterocycles. The van der Waals surface area contributed by atoms with Crippen LogP contribution in [0, 0.1) is 19.7 Å². The number of thioether (sulfide) groups is 1. The van der Waals surface area contributed by atoms with Gasteiger partial charge in [-0.2, -0.15) is 0 Å². The van der Waals surface area contributed by atoms with Gasteiger partial charge in [0.15, 0.2) is 16.8 Å². The fourth-order valence-corrected chi connectivity index (χ4v) is 4.10. The lowest BCUT2D eigenvalue weighted by Gasteiger charge is -2.09. The Bertz CT molecular complexity index is 1020. The first kappa shape index (κ1) is 18.0. The fraction of sp³-hybridized carbons (Fsp3) is 0.350. The van der Waals surface area contributed by atoms with Crippen LogP contribution < -0.4 is 0 Å². The van der Waals surface area contributed by atoms with E-state index in [9.17, 15) is 9.18 Å². The Morgan fingerprint density at radius 3 is 2.63 bits per heavy atom. The van der Waals surface area contributed by atoms with Crippen molar-refractivity contribution < 1.29 is 9.18 Å². The summed E-state index contributed by atoms with van der Waals surface area (Å²) in [6.45, 7) is 3.94. The summed E-state index contributed by atoms with van der Waals surface area (Å²) in [6.07, 6.45) is 2.05. The highest BCUT2D eigenvalue weighted by Crippen LogP contribution is 2.41. The summed E-state index contributed by atoms with van der Waals surface area (Å²) < 4.78 is 18.2. The third kappa shape index (κ3) is 3.32. The number of hydrogen-bond acceptors (Lipinski definition) is 4. The van der Waals surface area contributed by atoms with Crippen molar-refractivity contribution in [3.8, 4) is 11.4 Å². The third-order valence-corrected chi connectivity index (χ3v) is 6.04. The number of carbonyl (C=O) groups is 1. The second kappa shape index (κ2) is 6.96. The van der Waals surface area contributed by atoms with E-state index in [0.717, 1.165) is 29.8 Å². The van der Waals surface area contributed by atoms with Crippen LogP contribution in [0.3, 0.4) is 0 Å². The summed E-state index contributed by atoms with van der Waals surface area (Å²) in [5, 5.41) is 9.16. The van der Waals surface area contributed by atoms with E-state index in [4.69, 9.17) is 0 Å². The summed E-state index contributed by atoms with van der Waals surface area (Å²) in [4.78, 5) is 12.7. The molecule has 27 heavy (non-hydrogen) atoms. The van der Waals surface area contributed by atoms with Gasteiger partial charge in [-0.3, -0.25) is 9.36 Å². The Morgan fingerprint density at radius 1 is 1.26 bits per heavy atom. The zero-order valence-electron chi connectivity index (χ0n) is 15.6. The maximum Gasteiger partial charge on any atom is 0.192 e. The van der Waals surface area contributed by atoms with E-state index in [1.165, 1.54) is 17.8 Å². The molecule has 1 saturated carbocycles. The maximum atomic E-state index is 14.2. The number of carbonyl (C=O) groups excluding carboxylic acids is 1. The number of hydrogen-bond donors (Lipinski definition) is 0. The van der Waals surface area contributed by atoms with Gasteiger partial charge in [0.2, 0.25) is 0 Å². The molecule has 0 N–H and O–H groups in total. The second-order valence-corrected chi connectivity index (χ2v) is 7.89. The van der Waals surface area contributed by atoms with Crippen LogP contribution in [-0.2, 0) is 7.05 Å². The number of benzene rings is 1. The molecule has 2 aromatic heterocycles. The van der Waals surface area contributed by atoms with Gasteiger partial charge in [0, 0.05) is 30.0 Å². The zero-order valence-corrected chi connectivity index (χ0v) is 16.4. The second-order valence-electron chi connectivity index (χ2n) is 6.94. The van der Waals surface area contributed by atoms with E-state index in [2.05, 4.69) is 10.2 Å². The van der Waals surface area contributed by atoms with Crippen LogP contribution in [-0.4, -0.2) is 30.9 Å². The molecular formula is C20H21FN4OS. The largest absolute Gasteiger partial charge is 0.351 e. The molecule has 4 rings (SSSR count). The minimum absolute atomic E-state index is 0.0685. The number of ketones is 1. The van der Waals surface area contributed by atoms with Crippen LogP contribution in [0.15, 0.2) is 35.5 Å². The molecule has 1 aliphatic carbocycles. The van der Waals surface area contributed by atoms with Crippen molar-refractivity contribution in [3.63, 3.8) is 0 Å². The Kier molecular flexibility index (Phi) is 4.63. The predicted molar refractivity (Wildman–Crippen MR) is 104 cm³/mol. The number of rotatable bonds is 6. The van der Waals surface area contributed by atoms with Gasteiger partial charge in [-0.05, 0) is 44.9 Å². The van der Waals surface area contributed by atoms with Crippen LogP contribution in [0.5, 0.6) is 0 Å². The maximum absolute atomic E-state index is 14.2. The number of Topliss-reactive ketones (excluding diaryl/α,β-unsaturated/α-hetero) is 1. The lowest BCUT2D eigenvalue weighted by molar-refractivity contribution is 0.102. The first-order valence-corrected chi connectivity index (χ1v) is 9.94. The van der Waals surface area contributed by atoms with Gasteiger partial charge in [0.25, 0.3) is 0 Å². The van der Waals surface area contributed by atoms with Crippen molar-refractivity contribution >= 4 is 17.5 Å². The highest BCUT2D eigenvalue weighted by molar-refractivity contribution is 7.99. The van der Waals surface area contributed by atoms with Gasteiger partial charge < -0.3 is 4.57 Å². The molecule has 0 bridgehead atoms. The Balaban J connectivity index is 1.59. The topological polar surface area (TPSA) is 52.7 Å². The fourth-order valence-electron chi connectivity index (χ4n) is 3.21. The molecule has 0 amide bonds. The standard InChI is InChI=1S/C20H21FN4OS/c1-12-10-16(13(2)24(12)3)18(26)11-27-20-23-22-19(25(20)14-8-9-14)15-6-4-5-7-17(15)21/h4-7,10,14H,8-9,11H2,1-3H3. The van der Waals surface area contributed by atoms with Gasteiger partial charge in [-0.25, -0.2) is 4.39 Å². The van der Waals surface area contributed by atoms with E-state index in [-0.39, 0.29) is 23.4 Å². The van der Waals surface area contributed by atoms with Crippen molar-refractivity contribution in [2.45, 2.75) is 37.9 Å². The van der Waals surface area contributed by atoms with Crippen molar-refractivity contribution in [1.29, 1.82) is 0 Å². The third-order valence-electron chi connectivity index (χ3n) is 5.10. The molecule has 0 atom stereocenters. The quantitative estimate of drug-likeness (QED) is 0.468. The van der Waals surface area contributed by atoms with Crippen LogP contribution in [0.1, 0.15) is 40.6 Å². The van der Waals surface area contributed by atoms with Crippen LogP contribution in [0.4, 0.5) is 4.39 Å². The Hall–Kier alpha value is -2.41. The Morgan fingerprint density at radius 2 is 2.00 bits per heavy atom. The van der Waals surface area contributed by atoms with Crippen molar-refractivity contribution in [3.05, 3.63) is 53.1 Å². The van der Waals surface area contributed by atoms with E-state index >= 15 is 0 Å². The van der Waals surface area contributed by atoms with Crippen molar-refractivity contribution in [2.75, 3.05) is 5.75 Å². The summed E-state index contributed by atoms with van der Waals surface area (Å²) in [6, 6.07) is 8.81. The lowest BCUT2D eigenvalue weighted by Crippen LogP contribution is -2.06. The number of halogens is 1. The molecule has 5 nitrogen and oxygen atoms in total. The molecule has 7 heteroatoms. The van der Waals surface area contributed by atoms with Gasteiger partial charge in [-0.1, -0.05) is 23.9 Å². The molecule has 1 aliphatic rings. The van der Waals surface area contributed by atoms with Gasteiger partial charge in [0.05, 0.1) is 11.3 Å². The first-order chi connectivity index (χ1) is 13.0. The summed E-state index contributed by atoms with van der Waals surface area (Å²) in [5.74, 6) is 0.581. The number of aromatic nitrogens is 4. The molecule has 140 valence electrons. The number of aryl methyl sites for hydroxylation is 1. The molecule has 1 fully saturated rings. The van der Waals surface area contributed by atoms with E-state index in [1.54, 1.807) is 18.2 Å². The van der Waals surface area contributed by atoms with Crippen molar-refractivity contribution in [2.24, 2.45) is 7.05 Å². The van der Waals surface area contributed by atoms with Crippen LogP contribution in [0.2, 0.25) is 0 Å². The molecule has 0 aliphatic heterocycles. The normalized spacial score (nSPS) is 13.9. The lowest BCUT2D eigenvalue weighted by atomic mass is 10.2. The SMILES string of the molecule is Cc1cc(C(=O)CSc2nnc(-c3ccccc3F)n2C2CC2)c(C)n1C. The molecule has 1 aromatic carbocycles. The van der Waals surface area contributed by atoms with E-state index in [0.29, 0.717) is 16.5 Å². The molecule has 0 unspecified atom stereocenters. The minimum atomic E-state index is -0.310. The Labute approximate surface area is 161 Å². The molecule has 0 spiro atoms. The van der Waals surface area contributed by atoms with Gasteiger partial charge in [0.1, 0.15) is 5.82 Å². The highest BCUT2D eigenvalue weighted by atomic mass is 32.2. The van der Waals surface area contributed by atoms with Crippen LogP contribution in [0.25, 0.3) is 11.4 Å². The number of nitrogens with zero attached hydrogens (tertiary/aromatic N) is 4. The van der Waals surface area contributed by atoms with Gasteiger partial charge in [-0.15, -0.1) is 10.2 Å². The highest BCUT2D eigenvalue weighted by Gasteiger charge is 2.31. The summed E-state index contributed by atoms with van der Waals surface area (Å²) in [7, 11) is 1.96. The van der Waals surface area contributed by atoms with Crippen LogP contribution >= 0.6 is 11.8 Å². The average molecular weight is 384 g/mol. The molecule has 2 heterocycles. The minimum Gasteiger partial charge on any atom is -0.351 e. The van der Waals surface area contributed by atoms with E-state index < -0.39 is 0 Å². The summed E-state index contributed by atoms with van der Waals surface area (Å²) >= 11 is 1.37. The average Bonchev–Trinajstić information content (AvgIpc) is 3.36. The van der Waals surface area contributed by atoms with Gasteiger partial charge >= 0.3 is 0 Å². The summed E-state index contributed by atoms with van der Waals surface area (Å²) in [5.41, 5.74) is 3.22. The zero-order chi connectivity index (χ0) is 19.1. The predicted octanol–water partition coefficient (Wildman–Crippen LogP) is 4.35. The van der Waals surface area contributed by atoms with E-state index in [1.807, 2.05) is 36.1 Å².